The number of sulfonamides is 1. The first-order chi connectivity index (χ1) is 14.4. The average molecular weight is 426 g/mol. The van der Waals surface area contributed by atoms with Crippen LogP contribution in [-0.4, -0.2) is 47.2 Å². The number of H-pyrrole nitrogens is 1. The summed E-state index contributed by atoms with van der Waals surface area (Å²) < 4.78 is 26.0. The van der Waals surface area contributed by atoms with Gasteiger partial charge < -0.3 is 4.90 Å². The van der Waals surface area contributed by atoms with Crippen LogP contribution in [0, 0.1) is 0 Å². The van der Waals surface area contributed by atoms with Crippen molar-refractivity contribution < 1.29 is 13.2 Å². The van der Waals surface area contributed by atoms with Gasteiger partial charge in [-0.15, -0.1) is 0 Å². The summed E-state index contributed by atoms with van der Waals surface area (Å²) in [5.74, 6) is -0.207. The maximum absolute atomic E-state index is 13.5. The third kappa shape index (κ3) is 4.20. The molecule has 30 heavy (non-hydrogen) atoms. The molecule has 0 bridgehead atoms. The molecule has 4 rings (SSSR count). The van der Waals surface area contributed by atoms with Crippen molar-refractivity contribution in [2.75, 3.05) is 17.5 Å². The molecule has 1 fully saturated rings. The van der Waals surface area contributed by atoms with E-state index in [-0.39, 0.29) is 17.6 Å². The number of benzene rings is 1. The Kier molecular flexibility index (Phi) is 5.54. The van der Waals surface area contributed by atoms with E-state index in [1.807, 2.05) is 17.0 Å². The van der Waals surface area contributed by atoms with Crippen molar-refractivity contribution in [1.82, 2.24) is 20.1 Å². The van der Waals surface area contributed by atoms with Crippen LogP contribution in [0.3, 0.4) is 0 Å². The number of para-hydroxylation sites is 1. The number of amides is 1. The number of piperidine rings is 1. The number of nitrogens with one attached hydrogen (secondary N) is 2. The van der Waals surface area contributed by atoms with E-state index in [2.05, 4.69) is 19.9 Å². The molecule has 3 heterocycles. The first kappa shape index (κ1) is 20.1. The van der Waals surface area contributed by atoms with Crippen molar-refractivity contribution in [3.8, 4) is 11.1 Å². The maximum Gasteiger partial charge on any atom is 0.256 e. The Morgan fingerprint density at radius 3 is 2.70 bits per heavy atom. The summed E-state index contributed by atoms with van der Waals surface area (Å²) in [4.78, 5) is 19.4. The molecule has 3 aromatic rings. The first-order valence-electron chi connectivity index (χ1n) is 9.75. The second-order valence-corrected chi connectivity index (χ2v) is 9.11. The van der Waals surface area contributed by atoms with Crippen LogP contribution >= 0.6 is 0 Å². The standard InChI is InChI=1S/C21H23N5O3S/c1-30(28,29)25-18-7-3-2-6-16(18)21(27)26-13-5-4-8-19(26)20-17(14-23-24-20)15-9-11-22-12-10-15/h2-3,6-7,9-12,14,19,25H,4-5,8,13H2,1H3,(H,23,24)/t19-/m1/s1. The largest absolute Gasteiger partial charge is 0.330 e. The molecule has 0 radical (unpaired) electrons. The highest BCUT2D eigenvalue weighted by molar-refractivity contribution is 7.92. The van der Waals surface area contributed by atoms with Gasteiger partial charge in [-0.05, 0) is 49.1 Å². The van der Waals surface area contributed by atoms with Gasteiger partial charge in [-0.2, -0.15) is 5.10 Å². The number of carbonyl (C=O) groups excluding carboxylic acids is 1. The molecule has 9 heteroatoms. The summed E-state index contributed by atoms with van der Waals surface area (Å²) in [6.07, 6.45) is 8.97. The summed E-state index contributed by atoms with van der Waals surface area (Å²) in [6.45, 7) is 0.589. The fraction of sp³-hybridized carbons (Fsp3) is 0.286. The molecule has 2 N–H and O–H groups in total. The number of nitrogens with zero attached hydrogens (tertiary/aromatic N) is 3. The van der Waals surface area contributed by atoms with Gasteiger partial charge in [-0.25, -0.2) is 8.42 Å². The van der Waals surface area contributed by atoms with Crippen molar-refractivity contribution in [3.05, 3.63) is 66.2 Å². The van der Waals surface area contributed by atoms with Crippen molar-refractivity contribution in [2.24, 2.45) is 0 Å². The van der Waals surface area contributed by atoms with Gasteiger partial charge in [0.1, 0.15) is 0 Å². The van der Waals surface area contributed by atoms with Crippen LogP contribution in [0.1, 0.15) is 41.4 Å². The van der Waals surface area contributed by atoms with E-state index in [0.717, 1.165) is 42.3 Å². The Morgan fingerprint density at radius 1 is 1.17 bits per heavy atom. The fourth-order valence-electron chi connectivity index (χ4n) is 3.90. The van der Waals surface area contributed by atoms with E-state index in [4.69, 9.17) is 0 Å². The van der Waals surface area contributed by atoms with Gasteiger partial charge >= 0.3 is 0 Å². The zero-order chi connectivity index (χ0) is 21.1. The lowest BCUT2D eigenvalue weighted by atomic mass is 9.94. The van der Waals surface area contributed by atoms with Gasteiger partial charge in [0, 0.05) is 24.5 Å². The zero-order valence-corrected chi connectivity index (χ0v) is 17.4. The molecule has 1 aromatic carbocycles. The molecule has 0 aliphatic carbocycles. The highest BCUT2D eigenvalue weighted by Crippen LogP contribution is 2.37. The van der Waals surface area contributed by atoms with Gasteiger partial charge in [0.05, 0.1) is 35.4 Å². The van der Waals surface area contributed by atoms with Crippen LogP contribution in [0.4, 0.5) is 5.69 Å². The summed E-state index contributed by atoms with van der Waals surface area (Å²) in [5.41, 5.74) is 3.41. The second-order valence-electron chi connectivity index (χ2n) is 7.36. The summed E-state index contributed by atoms with van der Waals surface area (Å²) in [6, 6.07) is 10.3. The number of likely N-dealkylation sites (tertiary alicyclic amines) is 1. The normalized spacial score (nSPS) is 17.0. The Balaban J connectivity index is 1.70. The number of pyridine rings is 1. The summed E-state index contributed by atoms with van der Waals surface area (Å²) in [7, 11) is -3.51. The van der Waals surface area contributed by atoms with Crippen molar-refractivity contribution in [2.45, 2.75) is 25.3 Å². The molecule has 2 aromatic heterocycles. The van der Waals surface area contributed by atoms with Gasteiger partial charge in [-0.3, -0.25) is 19.6 Å². The van der Waals surface area contributed by atoms with Crippen molar-refractivity contribution in [1.29, 1.82) is 0 Å². The van der Waals surface area contributed by atoms with Crippen LogP contribution < -0.4 is 4.72 Å². The highest BCUT2D eigenvalue weighted by atomic mass is 32.2. The third-order valence-corrected chi connectivity index (χ3v) is 5.80. The molecule has 1 amide bonds. The fourth-order valence-corrected chi connectivity index (χ4v) is 4.48. The maximum atomic E-state index is 13.5. The van der Waals surface area contributed by atoms with Crippen LogP contribution in [0.5, 0.6) is 0 Å². The lowest BCUT2D eigenvalue weighted by Crippen LogP contribution is -2.39. The zero-order valence-electron chi connectivity index (χ0n) is 16.6. The number of anilines is 1. The minimum atomic E-state index is -3.51. The predicted octanol–water partition coefficient (Wildman–Crippen LogP) is 3.21. The molecular formula is C21H23N5O3S. The van der Waals surface area contributed by atoms with E-state index in [0.29, 0.717) is 12.1 Å². The molecule has 1 aliphatic heterocycles. The predicted molar refractivity (Wildman–Crippen MR) is 114 cm³/mol. The third-order valence-electron chi connectivity index (χ3n) is 5.21. The lowest BCUT2D eigenvalue weighted by molar-refractivity contribution is 0.0608. The Labute approximate surface area is 175 Å². The van der Waals surface area contributed by atoms with E-state index >= 15 is 0 Å². The first-order valence-corrected chi connectivity index (χ1v) is 11.6. The second kappa shape index (κ2) is 8.27. The number of hydrogen-bond donors (Lipinski definition) is 2. The van der Waals surface area contributed by atoms with E-state index in [1.165, 1.54) is 0 Å². The molecule has 8 nitrogen and oxygen atoms in total. The number of carbonyl (C=O) groups is 1. The molecule has 0 spiro atoms. The number of aromatic amines is 1. The van der Waals surface area contributed by atoms with E-state index in [1.54, 1.807) is 42.9 Å². The molecular weight excluding hydrogens is 402 g/mol. The Hall–Kier alpha value is -3.20. The number of rotatable bonds is 5. The summed E-state index contributed by atoms with van der Waals surface area (Å²) in [5, 5.41) is 7.32. The smallest absolute Gasteiger partial charge is 0.256 e. The van der Waals surface area contributed by atoms with Gasteiger partial charge in [0.2, 0.25) is 10.0 Å². The Bertz CT molecular complexity index is 1140. The number of aromatic nitrogens is 3. The quantitative estimate of drug-likeness (QED) is 0.653. The van der Waals surface area contributed by atoms with E-state index in [9.17, 15) is 13.2 Å². The molecule has 156 valence electrons. The minimum Gasteiger partial charge on any atom is -0.330 e. The topological polar surface area (TPSA) is 108 Å². The van der Waals surface area contributed by atoms with E-state index < -0.39 is 10.0 Å². The van der Waals surface area contributed by atoms with Crippen molar-refractivity contribution in [3.63, 3.8) is 0 Å². The average Bonchev–Trinajstić information content (AvgIpc) is 3.23. The SMILES string of the molecule is CS(=O)(=O)Nc1ccccc1C(=O)N1CCCC[C@@H]1c1[nH]ncc1-c1ccncc1. The van der Waals surface area contributed by atoms with Crippen LogP contribution in [-0.2, 0) is 10.0 Å². The molecule has 1 saturated heterocycles. The minimum absolute atomic E-state index is 0.178. The monoisotopic (exact) mass is 425 g/mol. The van der Waals surface area contributed by atoms with Gasteiger partial charge in [0.15, 0.2) is 0 Å². The highest BCUT2D eigenvalue weighted by Gasteiger charge is 2.32. The molecule has 0 unspecified atom stereocenters. The summed E-state index contributed by atoms with van der Waals surface area (Å²) >= 11 is 0. The molecule has 0 saturated carbocycles. The number of hydrogen-bond acceptors (Lipinski definition) is 5. The molecule has 1 aliphatic rings. The van der Waals surface area contributed by atoms with Crippen molar-refractivity contribution >= 4 is 21.6 Å². The van der Waals surface area contributed by atoms with Crippen LogP contribution in [0.15, 0.2) is 55.0 Å². The van der Waals surface area contributed by atoms with Gasteiger partial charge in [-0.1, -0.05) is 12.1 Å². The van der Waals surface area contributed by atoms with Crippen LogP contribution in [0.2, 0.25) is 0 Å². The lowest BCUT2D eigenvalue weighted by Gasteiger charge is -2.36. The van der Waals surface area contributed by atoms with Crippen LogP contribution in [0.25, 0.3) is 11.1 Å². The van der Waals surface area contributed by atoms with Gasteiger partial charge in [0.25, 0.3) is 5.91 Å². The Morgan fingerprint density at radius 2 is 1.93 bits per heavy atom. The molecule has 1 atom stereocenters.